The van der Waals surface area contributed by atoms with Crippen molar-refractivity contribution in [1.82, 2.24) is 14.7 Å². The van der Waals surface area contributed by atoms with E-state index >= 15 is 0 Å². The van der Waals surface area contributed by atoms with Crippen LogP contribution in [0.4, 0.5) is 4.39 Å². The lowest BCUT2D eigenvalue weighted by Gasteiger charge is -2.36. The monoisotopic (exact) mass is 527 g/mol. The highest BCUT2D eigenvalue weighted by atomic mass is 35.5. The second-order valence-electron chi connectivity index (χ2n) is 8.98. The molecule has 1 heterocycles. The van der Waals surface area contributed by atoms with Crippen LogP contribution in [-0.2, 0) is 6.54 Å². The van der Waals surface area contributed by atoms with Gasteiger partial charge in [-0.15, -0.1) is 0 Å². The van der Waals surface area contributed by atoms with Gasteiger partial charge in [0.2, 0.25) is 0 Å². The number of piperazine rings is 1. The molecule has 0 spiro atoms. The molecule has 188 valence electrons. The molecule has 1 aliphatic heterocycles. The molecule has 0 aliphatic carbocycles. The van der Waals surface area contributed by atoms with E-state index in [1.54, 1.807) is 40.1 Å². The summed E-state index contributed by atoms with van der Waals surface area (Å²) in [5, 5.41) is 0.840. The molecule has 0 bridgehead atoms. The molecule has 8 heteroatoms. The number of carbonyl (C=O) groups is 2. The standard InChI is InChI=1S/C28H28Cl2FN3O2/c1-20-2-6-22(7-3-20)27(35)34(19-21-4-9-24(31)10-5-21)17-14-32-12-15-33(16-13-32)28(36)25-11-8-23(29)18-26(25)30/h2-11,18H,12-17,19H2,1H3. The van der Waals surface area contributed by atoms with E-state index in [2.05, 4.69) is 4.90 Å². The average molecular weight is 528 g/mol. The third-order valence-corrected chi connectivity index (χ3v) is 6.93. The van der Waals surface area contributed by atoms with Gasteiger partial charge < -0.3 is 9.80 Å². The van der Waals surface area contributed by atoms with Crippen molar-refractivity contribution in [2.45, 2.75) is 13.5 Å². The van der Waals surface area contributed by atoms with E-state index in [-0.39, 0.29) is 17.6 Å². The largest absolute Gasteiger partial charge is 0.336 e. The first-order chi connectivity index (χ1) is 17.3. The lowest BCUT2D eigenvalue weighted by atomic mass is 10.1. The predicted octanol–water partition coefficient (Wildman–Crippen LogP) is 5.54. The number of halogens is 3. The summed E-state index contributed by atoms with van der Waals surface area (Å²) in [5.74, 6) is -0.475. The zero-order valence-corrected chi connectivity index (χ0v) is 21.6. The molecule has 0 atom stereocenters. The molecule has 0 unspecified atom stereocenters. The van der Waals surface area contributed by atoms with Gasteiger partial charge in [0, 0.05) is 56.4 Å². The summed E-state index contributed by atoms with van der Waals surface area (Å²) in [4.78, 5) is 32.0. The van der Waals surface area contributed by atoms with Crippen LogP contribution in [0.15, 0.2) is 66.7 Å². The first-order valence-electron chi connectivity index (χ1n) is 11.9. The third kappa shape index (κ3) is 6.64. The average Bonchev–Trinajstić information content (AvgIpc) is 2.88. The molecule has 3 aromatic rings. The molecular formula is C28H28Cl2FN3O2. The number of aryl methyl sites for hydroxylation is 1. The summed E-state index contributed by atoms with van der Waals surface area (Å²) in [6.45, 7) is 6.09. The van der Waals surface area contributed by atoms with Crippen molar-refractivity contribution in [3.8, 4) is 0 Å². The molecule has 36 heavy (non-hydrogen) atoms. The normalized spacial score (nSPS) is 14.1. The van der Waals surface area contributed by atoms with Gasteiger partial charge in [-0.25, -0.2) is 4.39 Å². The number of benzene rings is 3. The second-order valence-corrected chi connectivity index (χ2v) is 9.82. The van der Waals surface area contributed by atoms with E-state index in [1.165, 1.54) is 12.1 Å². The highest BCUT2D eigenvalue weighted by molar-refractivity contribution is 6.36. The zero-order chi connectivity index (χ0) is 25.7. The Bertz CT molecular complexity index is 1210. The molecular weight excluding hydrogens is 500 g/mol. The fraction of sp³-hybridized carbons (Fsp3) is 0.286. The van der Waals surface area contributed by atoms with Gasteiger partial charge in [0.15, 0.2) is 0 Å². The van der Waals surface area contributed by atoms with E-state index in [0.717, 1.165) is 11.1 Å². The third-order valence-electron chi connectivity index (χ3n) is 6.38. The van der Waals surface area contributed by atoms with Crippen molar-refractivity contribution < 1.29 is 14.0 Å². The van der Waals surface area contributed by atoms with Crippen LogP contribution in [0.3, 0.4) is 0 Å². The fourth-order valence-corrected chi connectivity index (χ4v) is 4.70. The van der Waals surface area contributed by atoms with Gasteiger partial charge in [-0.1, -0.05) is 53.0 Å². The maximum Gasteiger partial charge on any atom is 0.255 e. The first-order valence-corrected chi connectivity index (χ1v) is 12.6. The van der Waals surface area contributed by atoms with E-state index in [1.807, 2.05) is 31.2 Å². The molecule has 3 aromatic carbocycles. The molecule has 1 aliphatic rings. The summed E-state index contributed by atoms with van der Waals surface area (Å²) in [6.07, 6.45) is 0. The van der Waals surface area contributed by atoms with Gasteiger partial charge in [-0.05, 0) is 55.0 Å². The molecule has 4 rings (SSSR count). The molecule has 0 radical (unpaired) electrons. The predicted molar refractivity (Wildman–Crippen MR) is 141 cm³/mol. The molecule has 0 aromatic heterocycles. The number of rotatable bonds is 7. The highest BCUT2D eigenvalue weighted by Gasteiger charge is 2.25. The SMILES string of the molecule is Cc1ccc(C(=O)N(CCN2CCN(C(=O)c3ccc(Cl)cc3Cl)CC2)Cc2ccc(F)cc2)cc1. The summed E-state index contributed by atoms with van der Waals surface area (Å²) in [6, 6.07) is 18.6. The molecule has 1 fully saturated rings. The Balaban J connectivity index is 1.38. The van der Waals surface area contributed by atoms with Gasteiger partial charge in [0.1, 0.15) is 5.82 Å². The summed E-state index contributed by atoms with van der Waals surface area (Å²) < 4.78 is 13.4. The molecule has 1 saturated heterocycles. The summed E-state index contributed by atoms with van der Waals surface area (Å²) in [5.41, 5.74) is 3.03. The van der Waals surface area contributed by atoms with Crippen molar-refractivity contribution in [1.29, 1.82) is 0 Å². The van der Waals surface area contributed by atoms with Crippen LogP contribution in [0.25, 0.3) is 0 Å². The molecule has 0 saturated carbocycles. The van der Waals surface area contributed by atoms with Crippen LogP contribution < -0.4 is 0 Å². The number of hydrogen-bond acceptors (Lipinski definition) is 3. The summed E-state index contributed by atoms with van der Waals surface area (Å²) >= 11 is 12.2. The molecule has 0 N–H and O–H groups in total. The Hall–Kier alpha value is -2.93. The topological polar surface area (TPSA) is 43.9 Å². The Kier molecular flexibility index (Phi) is 8.62. The van der Waals surface area contributed by atoms with Gasteiger partial charge in [0.25, 0.3) is 11.8 Å². The number of carbonyl (C=O) groups excluding carboxylic acids is 2. The van der Waals surface area contributed by atoms with Crippen LogP contribution in [0.2, 0.25) is 10.0 Å². The van der Waals surface area contributed by atoms with E-state index in [0.29, 0.717) is 67.0 Å². The quantitative estimate of drug-likeness (QED) is 0.405. The Morgan fingerprint density at radius 2 is 1.58 bits per heavy atom. The molecule has 2 amide bonds. The number of hydrogen-bond donors (Lipinski definition) is 0. The lowest BCUT2D eigenvalue weighted by Crippen LogP contribution is -2.50. The van der Waals surface area contributed by atoms with E-state index in [9.17, 15) is 14.0 Å². The first kappa shape index (κ1) is 26.1. The van der Waals surface area contributed by atoms with Crippen molar-refractivity contribution in [2.24, 2.45) is 0 Å². The Morgan fingerprint density at radius 3 is 2.22 bits per heavy atom. The van der Waals surface area contributed by atoms with Crippen molar-refractivity contribution in [3.63, 3.8) is 0 Å². The van der Waals surface area contributed by atoms with Crippen LogP contribution in [0, 0.1) is 12.7 Å². The Morgan fingerprint density at radius 1 is 0.917 bits per heavy atom. The van der Waals surface area contributed by atoms with Gasteiger partial charge in [0.05, 0.1) is 10.6 Å². The molecule has 5 nitrogen and oxygen atoms in total. The lowest BCUT2D eigenvalue weighted by molar-refractivity contribution is 0.0599. The fourth-order valence-electron chi connectivity index (χ4n) is 4.21. The smallest absolute Gasteiger partial charge is 0.255 e. The van der Waals surface area contributed by atoms with Crippen LogP contribution >= 0.6 is 23.2 Å². The Labute approximate surface area is 221 Å². The van der Waals surface area contributed by atoms with Crippen molar-refractivity contribution in [3.05, 3.63) is 105 Å². The minimum Gasteiger partial charge on any atom is -0.336 e. The van der Waals surface area contributed by atoms with Crippen LogP contribution in [0.5, 0.6) is 0 Å². The highest BCUT2D eigenvalue weighted by Crippen LogP contribution is 2.23. The zero-order valence-electron chi connectivity index (χ0n) is 20.1. The van der Waals surface area contributed by atoms with Gasteiger partial charge in [-0.2, -0.15) is 0 Å². The van der Waals surface area contributed by atoms with E-state index in [4.69, 9.17) is 23.2 Å². The van der Waals surface area contributed by atoms with Gasteiger partial charge in [-0.3, -0.25) is 14.5 Å². The van der Waals surface area contributed by atoms with Gasteiger partial charge >= 0.3 is 0 Å². The van der Waals surface area contributed by atoms with Crippen LogP contribution in [-0.4, -0.2) is 65.8 Å². The minimum atomic E-state index is -0.303. The van der Waals surface area contributed by atoms with Crippen molar-refractivity contribution in [2.75, 3.05) is 39.3 Å². The summed E-state index contributed by atoms with van der Waals surface area (Å²) in [7, 11) is 0. The number of amides is 2. The maximum atomic E-state index is 13.4. The van der Waals surface area contributed by atoms with E-state index < -0.39 is 0 Å². The maximum absolute atomic E-state index is 13.4. The second kappa shape index (κ2) is 11.9. The van der Waals surface area contributed by atoms with Crippen LogP contribution in [0.1, 0.15) is 31.8 Å². The minimum absolute atomic E-state index is 0.0643. The van der Waals surface area contributed by atoms with Crippen molar-refractivity contribution >= 4 is 35.0 Å². The number of nitrogens with zero attached hydrogens (tertiary/aromatic N) is 3.